The summed E-state index contributed by atoms with van der Waals surface area (Å²) >= 11 is 2.12. The number of hydrogen-bond donors (Lipinski definition) is 1. The third-order valence-corrected chi connectivity index (χ3v) is 3.73. The molecule has 0 aliphatic rings. The van der Waals surface area contributed by atoms with Gasteiger partial charge >= 0.3 is 0 Å². The molecule has 2 aromatic rings. The molecular weight excluding hydrogens is 423 g/mol. The Balaban J connectivity index is 1.81. The van der Waals surface area contributed by atoms with E-state index in [9.17, 15) is 4.79 Å². The van der Waals surface area contributed by atoms with Gasteiger partial charge in [0.05, 0.1) is 22.7 Å². The number of benzene rings is 1. The predicted octanol–water partition coefficient (Wildman–Crippen LogP) is 3.48. The van der Waals surface area contributed by atoms with Gasteiger partial charge in [0.25, 0.3) is 5.91 Å². The monoisotopic (exact) mass is 440 g/mol. The van der Waals surface area contributed by atoms with Crippen LogP contribution in [0.1, 0.15) is 12.7 Å². The number of ether oxygens (including phenoxy) is 2. The van der Waals surface area contributed by atoms with E-state index in [1.165, 1.54) is 0 Å². The van der Waals surface area contributed by atoms with Gasteiger partial charge in [0.1, 0.15) is 17.3 Å². The van der Waals surface area contributed by atoms with E-state index in [4.69, 9.17) is 13.9 Å². The van der Waals surface area contributed by atoms with Crippen LogP contribution in [0.2, 0.25) is 0 Å². The second-order valence-electron chi connectivity index (χ2n) is 4.72. The number of nitrogens with one attached hydrogen (secondary N) is 1. The maximum Gasteiger partial charge on any atom is 0.277 e. The molecule has 0 aliphatic carbocycles. The average molecular weight is 440 g/mol. The molecule has 1 aromatic carbocycles. The van der Waals surface area contributed by atoms with E-state index in [-0.39, 0.29) is 12.5 Å². The third kappa shape index (κ3) is 5.73. The van der Waals surface area contributed by atoms with E-state index in [0.717, 1.165) is 9.32 Å². The van der Waals surface area contributed by atoms with Crippen molar-refractivity contribution in [3.63, 3.8) is 0 Å². The molecule has 0 bridgehead atoms. The smallest absolute Gasteiger partial charge is 0.277 e. The Morgan fingerprint density at radius 1 is 1.42 bits per heavy atom. The van der Waals surface area contributed by atoms with Gasteiger partial charge in [0, 0.05) is 0 Å². The highest BCUT2D eigenvalue weighted by molar-refractivity contribution is 14.1. The average Bonchev–Trinajstić information content (AvgIpc) is 3.10. The van der Waals surface area contributed by atoms with E-state index in [2.05, 4.69) is 33.1 Å². The Labute approximate surface area is 153 Å². The van der Waals surface area contributed by atoms with E-state index in [0.29, 0.717) is 17.2 Å². The number of rotatable bonds is 7. The number of halogens is 1. The summed E-state index contributed by atoms with van der Waals surface area (Å²) in [7, 11) is 1.60. The molecule has 1 heterocycles. The van der Waals surface area contributed by atoms with Crippen molar-refractivity contribution >= 4 is 40.3 Å². The summed E-state index contributed by atoms with van der Waals surface area (Å²) in [5.41, 5.74) is 3.08. The fourth-order valence-corrected chi connectivity index (χ4v) is 2.32. The number of amides is 1. The molecule has 1 aromatic heterocycles. The summed E-state index contributed by atoms with van der Waals surface area (Å²) < 4.78 is 16.6. The lowest BCUT2D eigenvalue weighted by molar-refractivity contribution is -0.123. The molecule has 0 radical (unpaired) electrons. The van der Waals surface area contributed by atoms with Gasteiger partial charge in [0.15, 0.2) is 6.61 Å². The Hall–Kier alpha value is -2.29. The largest absolute Gasteiger partial charge is 0.497 e. The van der Waals surface area contributed by atoms with Gasteiger partial charge in [-0.05, 0) is 72.0 Å². The van der Waals surface area contributed by atoms with Crippen LogP contribution in [0.5, 0.6) is 11.5 Å². The van der Waals surface area contributed by atoms with E-state index < -0.39 is 0 Å². The first-order valence-electron chi connectivity index (χ1n) is 7.09. The Morgan fingerprint density at radius 3 is 2.92 bits per heavy atom. The molecule has 0 spiro atoms. The van der Waals surface area contributed by atoms with Gasteiger partial charge in [0.2, 0.25) is 0 Å². The molecule has 0 saturated heterocycles. The predicted molar refractivity (Wildman–Crippen MR) is 100 cm³/mol. The van der Waals surface area contributed by atoms with Crippen LogP contribution >= 0.6 is 22.6 Å². The highest BCUT2D eigenvalue weighted by Crippen LogP contribution is 2.25. The first-order chi connectivity index (χ1) is 11.6. The standard InChI is InChI=1S/C17H17IN2O4/c1-12(5-6-13-4-3-9-23-13)19-20-17(21)11-24-16-8-7-14(22-2)10-15(16)18/h3-10H,11H2,1-2H3,(H,20,21)/b6-5+,19-12-. The summed E-state index contributed by atoms with van der Waals surface area (Å²) in [5, 5.41) is 3.97. The molecule has 24 heavy (non-hydrogen) atoms. The summed E-state index contributed by atoms with van der Waals surface area (Å²) in [5.74, 6) is 1.73. The van der Waals surface area contributed by atoms with Gasteiger partial charge in [-0.3, -0.25) is 4.79 Å². The number of furan rings is 1. The molecular formula is C17H17IN2O4. The lowest BCUT2D eigenvalue weighted by Gasteiger charge is -2.08. The molecule has 0 fully saturated rings. The fourth-order valence-electron chi connectivity index (χ4n) is 1.68. The first-order valence-corrected chi connectivity index (χ1v) is 8.17. The van der Waals surface area contributed by atoms with Crippen molar-refractivity contribution in [3.05, 3.63) is 52.0 Å². The van der Waals surface area contributed by atoms with E-state index in [1.807, 2.05) is 12.1 Å². The zero-order chi connectivity index (χ0) is 17.4. The quantitative estimate of drug-likeness (QED) is 0.407. The highest BCUT2D eigenvalue weighted by Gasteiger charge is 2.06. The Bertz CT molecular complexity index is 739. The second-order valence-corrected chi connectivity index (χ2v) is 5.88. The van der Waals surface area contributed by atoms with Crippen molar-refractivity contribution in [2.24, 2.45) is 5.10 Å². The van der Waals surface area contributed by atoms with E-state index in [1.54, 1.807) is 50.6 Å². The number of nitrogens with zero attached hydrogens (tertiary/aromatic N) is 1. The van der Waals surface area contributed by atoms with Gasteiger partial charge in [-0.25, -0.2) is 5.43 Å². The number of methoxy groups -OCH3 is 1. The van der Waals surface area contributed by atoms with Crippen molar-refractivity contribution < 1.29 is 18.7 Å². The van der Waals surface area contributed by atoms with Gasteiger partial charge in [-0.15, -0.1) is 0 Å². The maximum atomic E-state index is 11.8. The minimum atomic E-state index is -0.340. The topological polar surface area (TPSA) is 73.1 Å². The highest BCUT2D eigenvalue weighted by atomic mass is 127. The Kier molecular flexibility index (Phi) is 6.86. The minimum absolute atomic E-state index is 0.124. The zero-order valence-corrected chi connectivity index (χ0v) is 15.4. The summed E-state index contributed by atoms with van der Waals surface area (Å²) in [6.07, 6.45) is 5.10. The third-order valence-electron chi connectivity index (χ3n) is 2.89. The zero-order valence-electron chi connectivity index (χ0n) is 13.3. The Morgan fingerprint density at radius 2 is 2.25 bits per heavy atom. The number of hydrogen-bond acceptors (Lipinski definition) is 5. The van der Waals surface area contributed by atoms with Crippen molar-refractivity contribution in [2.75, 3.05) is 13.7 Å². The number of allylic oxidation sites excluding steroid dienone is 1. The SMILES string of the molecule is COc1ccc(OCC(=O)N/N=C(C)\C=C\c2ccco2)c(I)c1. The molecule has 1 amide bonds. The fraction of sp³-hybridized carbons (Fsp3) is 0.176. The summed E-state index contributed by atoms with van der Waals surface area (Å²) in [4.78, 5) is 11.8. The van der Waals surface area contributed by atoms with Crippen LogP contribution in [0.15, 0.2) is 52.2 Å². The molecule has 0 aliphatic heterocycles. The molecule has 0 saturated carbocycles. The lowest BCUT2D eigenvalue weighted by atomic mass is 10.3. The van der Waals surface area contributed by atoms with Gasteiger partial charge in [-0.2, -0.15) is 5.10 Å². The van der Waals surface area contributed by atoms with Gasteiger partial charge < -0.3 is 13.9 Å². The van der Waals surface area contributed by atoms with Crippen molar-refractivity contribution in [2.45, 2.75) is 6.92 Å². The van der Waals surface area contributed by atoms with Crippen LogP contribution in [0, 0.1) is 3.57 Å². The van der Waals surface area contributed by atoms with Crippen molar-refractivity contribution in [3.8, 4) is 11.5 Å². The number of hydrazone groups is 1. The first kappa shape index (κ1) is 18.1. The maximum absolute atomic E-state index is 11.8. The molecule has 0 atom stereocenters. The van der Waals surface area contributed by atoms with Crippen LogP contribution < -0.4 is 14.9 Å². The van der Waals surface area contributed by atoms with Crippen LogP contribution in [-0.2, 0) is 4.79 Å². The lowest BCUT2D eigenvalue weighted by Crippen LogP contribution is -2.25. The van der Waals surface area contributed by atoms with Gasteiger partial charge in [-0.1, -0.05) is 0 Å². The van der Waals surface area contributed by atoms with Crippen LogP contribution in [0.25, 0.3) is 6.08 Å². The minimum Gasteiger partial charge on any atom is -0.497 e. The van der Waals surface area contributed by atoms with E-state index >= 15 is 0 Å². The molecule has 126 valence electrons. The van der Waals surface area contributed by atoms with Crippen LogP contribution in [0.4, 0.5) is 0 Å². The molecule has 7 heteroatoms. The van der Waals surface area contributed by atoms with Crippen molar-refractivity contribution in [1.82, 2.24) is 5.43 Å². The van der Waals surface area contributed by atoms with Crippen LogP contribution in [0.3, 0.4) is 0 Å². The molecule has 6 nitrogen and oxygen atoms in total. The van der Waals surface area contributed by atoms with Crippen LogP contribution in [-0.4, -0.2) is 25.3 Å². The summed E-state index contributed by atoms with van der Waals surface area (Å²) in [6, 6.07) is 8.99. The molecule has 1 N–H and O–H groups in total. The molecule has 2 rings (SSSR count). The molecule has 0 unspecified atom stereocenters. The second kappa shape index (κ2) is 9.11. The number of carbonyl (C=O) groups excluding carboxylic acids is 1. The summed E-state index contributed by atoms with van der Waals surface area (Å²) in [6.45, 7) is 1.65. The van der Waals surface area contributed by atoms with Crippen molar-refractivity contribution in [1.29, 1.82) is 0 Å². The normalized spacial score (nSPS) is 11.5. The number of carbonyl (C=O) groups is 1.